The van der Waals surface area contributed by atoms with Gasteiger partial charge in [0.15, 0.2) is 16.7 Å². The van der Waals surface area contributed by atoms with Crippen LogP contribution in [0.15, 0.2) is 23.4 Å². The summed E-state index contributed by atoms with van der Waals surface area (Å²) in [7, 11) is 5.24. The zero-order valence-electron chi connectivity index (χ0n) is 12.5. The van der Waals surface area contributed by atoms with Crippen molar-refractivity contribution in [1.29, 1.82) is 0 Å². The molecule has 114 valence electrons. The summed E-state index contributed by atoms with van der Waals surface area (Å²) in [6.45, 7) is 0.570. The van der Waals surface area contributed by atoms with Gasteiger partial charge in [0, 0.05) is 24.8 Å². The van der Waals surface area contributed by atoms with Crippen LogP contribution in [0.2, 0.25) is 0 Å². The summed E-state index contributed by atoms with van der Waals surface area (Å²) in [5.74, 6) is 3.13. The number of benzene rings is 1. The Morgan fingerprint density at radius 2 is 2.05 bits per heavy atom. The first-order chi connectivity index (χ1) is 10.2. The smallest absolute Gasteiger partial charge is 0.191 e. The Morgan fingerprint density at radius 3 is 2.71 bits per heavy atom. The van der Waals surface area contributed by atoms with Crippen molar-refractivity contribution in [2.75, 3.05) is 20.8 Å². The molecule has 0 fully saturated rings. The summed E-state index contributed by atoms with van der Waals surface area (Å²) in [4.78, 5) is 0. The Kier molecular flexibility index (Phi) is 5.46. The first-order valence-corrected chi connectivity index (χ1v) is 7.60. The minimum absolute atomic E-state index is 0.570. The minimum Gasteiger partial charge on any atom is -0.493 e. The standard InChI is InChI=1S/C14H20N4O2S/c1-18-12(7-8-15)16-17-14(18)21-9-10-5-4-6-11(19-2)13(10)20-3/h4-6H,7-9,15H2,1-3H3. The van der Waals surface area contributed by atoms with Crippen LogP contribution in [0.25, 0.3) is 0 Å². The molecular weight excluding hydrogens is 288 g/mol. The van der Waals surface area contributed by atoms with Gasteiger partial charge in [0.1, 0.15) is 5.82 Å². The molecule has 0 saturated heterocycles. The van der Waals surface area contributed by atoms with E-state index in [4.69, 9.17) is 15.2 Å². The number of hydrogen-bond acceptors (Lipinski definition) is 6. The fourth-order valence-corrected chi connectivity index (χ4v) is 2.94. The van der Waals surface area contributed by atoms with Crippen LogP contribution in [0.4, 0.5) is 0 Å². The van der Waals surface area contributed by atoms with Crippen molar-refractivity contribution in [1.82, 2.24) is 14.8 Å². The number of aromatic nitrogens is 3. The van der Waals surface area contributed by atoms with E-state index in [-0.39, 0.29) is 0 Å². The highest BCUT2D eigenvalue weighted by Crippen LogP contribution is 2.34. The number of methoxy groups -OCH3 is 2. The highest BCUT2D eigenvalue weighted by molar-refractivity contribution is 7.98. The van der Waals surface area contributed by atoms with Crippen LogP contribution < -0.4 is 15.2 Å². The van der Waals surface area contributed by atoms with Gasteiger partial charge in [-0.05, 0) is 12.6 Å². The molecule has 2 aromatic rings. The van der Waals surface area contributed by atoms with E-state index in [1.54, 1.807) is 26.0 Å². The van der Waals surface area contributed by atoms with Gasteiger partial charge < -0.3 is 19.8 Å². The minimum atomic E-state index is 0.570. The van der Waals surface area contributed by atoms with Crippen molar-refractivity contribution >= 4 is 11.8 Å². The second kappa shape index (κ2) is 7.33. The molecule has 0 radical (unpaired) electrons. The Morgan fingerprint density at radius 1 is 1.24 bits per heavy atom. The summed E-state index contributed by atoms with van der Waals surface area (Å²) >= 11 is 1.61. The van der Waals surface area contributed by atoms with Gasteiger partial charge in [0.05, 0.1) is 14.2 Å². The molecule has 21 heavy (non-hydrogen) atoms. The molecule has 1 aromatic heterocycles. The first-order valence-electron chi connectivity index (χ1n) is 6.62. The van der Waals surface area contributed by atoms with Gasteiger partial charge in [0.25, 0.3) is 0 Å². The molecule has 0 atom stereocenters. The number of ether oxygens (including phenoxy) is 2. The first kappa shape index (κ1) is 15.7. The second-order valence-corrected chi connectivity index (χ2v) is 5.38. The highest BCUT2D eigenvalue weighted by atomic mass is 32.2. The maximum Gasteiger partial charge on any atom is 0.191 e. The summed E-state index contributed by atoms with van der Waals surface area (Å²) in [5.41, 5.74) is 6.62. The largest absolute Gasteiger partial charge is 0.493 e. The van der Waals surface area contributed by atoms with Gasteiger partial charge in [-0.3, -0.25) is 0 Å². The lowest BCUT2D eigenvalue weighted by atomic mass is 10.2. The number of para-hydroxylation sites is 1. The lowest BCUT2D eigenvalue weighted by Gasteiger charge is -2.12. The summed E-state index contributed by atoms with van der Waals surface area (Å²) in [6, 6.07) is 5.86. The third kappa shape index (κ3) is 3.48. The summed E-state index contributed by atoms with van der Waals surface area (Å²) in [6.07, 6.45) is 0.729. The zero-order chi connectivity index (χ0) is 15.2. The quantitative estimate of drug-likeness (QED) is 0.784. The molecule has 2 rings (SSSR count). The monoisotopic (exact) mass is 308 g/mol. The van der Waals surface area contributed by atoms with Crippen molar-refractivity contribution in [2.45, 2.75) is 17.3 Å². The predicted molar refractivity (Wildman–Crippen MR) is 82.9 cm³/mol. The third-order valence-electron chi connectivity index (χ3n) is 3.13. The molecule has 6 nitrogen and oxygen atoms in total. The van der Waals surface area contributed by atoms with E-state index in [0.717, 1.165) is 40.2 Å². The molecule has 1 heterocycles. The van der Waals surface area contributed by atoms with Gasteiger partial charge in [-0.1, -0.05) is 23.9 Å². The molecule has 2 N–H and O–H groups in total. The highest BCUT2D eigenvalue weighted by Gasteiger charge is 2.13. The molecule has 0 spiro atoms. The molecule has 1 aromatic carbocycles. The van der Waals surface area contributed by atoms with Crippen molar-refractivity contribution in [3.63, 3.8) is 0 Å². The van der Waals surface area contributed by atoms with E-state index < -0.39 is 0 Å². The van der Waals surface area contributed by atoms with E-state index in [9.17, 15) is 0 Å². The van der Waals surface area contributed by atoms with Crippen LogP contribution >= 0.6 is 11.8 Å². The van der Waals surface area contributed by atoms with Crippen LogP contribution in [-0.4, -0.2) is 35.5 Å². The molecule has 0 aliphatic carbocycles. The van der Waals surface area contributed by atoms with E-state index in [1.807, 2.05) is 29.8 Å². The molecule has 0 unspecified atom stereocenters. The maximum absolute atomic E-state index is 5.56. The normalized spacial score (nSPS) is 10.7. The van der Waals surface area contributed by atoms with Crippen molar-refractivity contribution in [2.24, 2.45) is 12.8 Å². The Balaban J connectivity index is 2.13. The number of nitrogens with zero attached hydrogens (tertiary/aromatic N) is 3. The van der Waals surface area contributed by atoms with E-state index in [1.165, 1.54) is 0 Å². The second-order valence-electron chi connectivity index (χ2n) is 4.44. The fourth-order valence-electron chi connectivity index (χ4n) is 2.03. The van der Waals surface area contributed by atoms with Gasteiger partial charge in [0.2, 0.25) is 0 Å². The Hall–Kier alpha value is -1.73. The van der Waals surface area contributed by atoms with Gasteiger partial charge >= 0.3 is 0 Å². The number of nitrogens with two attached hydrogens (primary N) is 1. The van der Waals surface area contributed by atoms with E-state index in [0.29, 0.717) is 6.54 Å². The molecule has 7 heteroatoms. The molecule has 0 amide bonds. The molecular formula is C14H20N4O2S. The van der Waals surface area contributed by atoms with Gasteiger partial charge in [-0.25, -0.2) is 0 Å². The van der Waals surface area contributed by atoms with Crippen LogP contribution in [0.1, 0.15) is 11.4 Å². The van der Waals surface area contributed by atoms with Crippen LogP contribution in [-0.2, 0) is 19.2 Å². The Labute approximate surface area is 128 Å². The number of rotatable bonds is 7. The Bertz CT molecular complexity index is 601. The predicted octanol–water partition coefficient (Wildman–Crippen LogP) is 1.63. The van der Waals surface area contributed by atoms with Crippen molar-refractivity contribution < 1.29 is 9.47 Å². The lowest BCUT2D eigenvalue weighted by Crippen LogP contribution is -2.08. The SMILES string of the molecule is COc1cccc(CSc2nnc(CCN)n2C)c1OC. The molecule has 0 bridgehead atoms. The van der Waals surface area contributed by atoms with Gasteiger partial charge in [-0.15, -0.1) is 10.2 Å². The van der Waals surface area contributed by atoms with Gasteiger partial charge in [-0.2, -0.15) is 0 Å². The summed E-state index contributed by atoms with van der Waals surface area (Å²) in [5, 5.41) is 9.21. The lowest BCUT2D eigenvalue weighted by molar-refractivity contribution is 0.352. The zero-order valence-corrected chi connectivity index (χ0v) is 13.3. The van der Waals surface area contributed by atoms with E-state index in [2.05, 4.69) is 10.2 Å². The number of thioether (sulfide) groups is 1. The van der Waals surface area contributed by atoms with Crippen molar-refractivity contribution in [3.05, 3.63) is 29.6 Å². The molecule has 0 saturated carbocycles. The maximum atomic E-state index is 5.56. The van der Waals surface area contributed by atoms with Crippen LogP contribution in [0.3, 0.4) is 0 Å². The summed E-state index contributed by atoms with van der Waals surface area (Å²) < 4.78 is 12.7. The van der Waals surface area contributed by atoms with Crippen molar-refractivity contribution in [3.8, 4) is 11.5 Å². The van der Waals surface area contributed by atoms with Crippen LogP contribution in [0.5, 0.6) is 11.5 Å². The average molecular weight is 308 g/mol. The van der Waals surface area contributed by atoms with E-state index >= 15 is 0 Å². The topological polar surface area (TPSA) is 75.2 Å². The van der Waals surface area contributed by atoms with Crippen LogP contribution in [0, 0.1) is 0 Å². The fraction of sp³-hybridized carbons (Fsp3) is 0.429. The third-order valence-corrected chi connectivity index (χ3v) is 4.20. The molecule has 0 aliphatic rings. The molecule has 0 aliphatic heterocycles. The average Bonchev–Trinajstić information content (AvgIpc) is 2.85. The number of hydrogen-bond donors (Lipinski definition) is 1.